The van der Waals surface area contributed by atoms with Gasteiger partial charge in [0.2, 0.25) is 5.94 Å². The summed E-state index contributed by atoms with van der Waals surface area (Å²) < 4.78 is 6.46. The first kappa shape index (κ1) is 31.5. The topological polar surface area (TPSA) is 50.4 Å². The molecule has 9 heteroatoms. The lowest BCUT2D eigenvalue weighted by Crippen LogP contribution is -2.44. The maximum absolute atomic E-state index is 9.26. The zero-order valence-corrected chi connectivity index (χ0v) is 27.4. The zero-order chi connectivity index (χ0) is 28.1. The van der Waals surface area contributed by atoms with Crippen molar-refractivity contribution in [3.63, 3.8) is 0 Å². The molecule has 3 rings (SSSR count). The van der Waals surface area contributed by atoms with Crippen molar-refractivity contribution in [3.8, 4) is 0 Å². The van der Waals surface area contributed by atoms with E-state index >= 15 is 0 Å². The van der Waals surface area contributed by atoms with Gasteiger partial charge in [0.05, 0.1) is 6.61 Å². The molecule has 1 aliphatic heterocycles. The van der Waals surface area contributed by atoms with E-state index in [4.69, 9.17) is 44.9 Å². The van der Waals surface area contributed by atoms with Gasteiger partial charge in [-0.25, -0.2) is 0 Å². The van der Waals surface area contributed by atoms with E-state index in [1.165, 1.54) is 12.1 Å². The minimum absolute atomic E-state index is 0.0580. The summed E-state index contributed by atoms with van der Waals surface area (Å²) in [5, 5.41) is 15.9. The molecule has 0 saturated carbocycles. The molecule has 4 nitrogen and oxygen atoms in total. The van der Waals surface area contributed by atoms with Gasteiger partial charge in [-0.1, -0.05) is 66.1 Å². The van der Waals surface area contributed by atoms with E-state index in [-0.39, 0.29) is 15.6 Å². The molecule has 0 aliphatic carbocycles. The average molecular weight is 613 g/mol. The molecule has 0 radical (unpaired) electrons. The second-order valence-electron chi connectivity index (χ2n) is 11.7. The molecule has 1 fully saturated rings. The van der Waals surface area contributed by atoms with Crippen LogP contribution in [0.3, 0.4) is 0 Å². The van der Waals surface area contributed by atoms with Crippen LogP contribution in [-0.4, -0.2) is 61.9 Å². The minimum Gasteiger partial charge on any atom is -0.656 e. The van der Waals surface area contributed by atoms with Gasteiger partial charge in [-0.15, -0.1) is 11.4 Å². The predicted octanol–water partition coefficient (Wildman–Crippen LogP) is 9.13. The van der Waals surface area contributed by atoms with Gasteiger partial charge in [0.25, 0.3) is 0 Å². The quantitative estimate of drug-likeness (QED) is 0.165. The van der Waals surface area contributed by atoms with Crippen molar-refractivity contribution in [1.82, 2.24) is 4.90 Å². The number of benzene rings is 2. The molecular weight excluding hydrogens is 573 g/mol. The van der Waals surface area contributed by atoms with Crippen LogP contribution in [0.1, 0.15) is 26.3 Å². The molecule has 1 unspecified atom stereocenters. The van der Waals surface area contributed by atoms with Crippen LogP contribution in [-0.2, 0) is 15.6 Å². The van der Waals surface area contributed by atoms with Crippen molar-refractivity contribution in [1.29, 1.82) is 5.41 Å². The van der Waals surface area contributed by atoms with E-state index in [1.54, 1.807) is 12.1 Å². The summed E-state index contributed by atoms with van der Waals surface area (Å²) in [6, 6.07) is 15.4. The van der Waals surface area contributed by atoms with Crippen molar-refractivity contribution in [3.05, 3.63) is 74.0 Å². The molecule has 0 spiro atoms. The summed E-state index contributed by atoms with van der Waals surface area (Å²) in [7, 11) is -1.05. The molecule has 0 aromatic heterocycles. The Morgan fingerprint density at radius 3 is 2.21 bits per heavy atom. The molecule has 1 saturated heterocycles. The largest absolute Gasteiger partial charge is 0.656 e. The first-order valence-electron chi connectivity index (χ1n) is 12.9. The van der Waals surface area contributed by atoms with Crippen LogP contribution < -0.4 is 0 Å². The highest BCUT2D eigenvalue weighted by molar-refractivity contribution is 7.97. The number of halogens is 3. The Morgan fingerprint density at radius 1 is 1.03 bits per heavy atom. The number of ether oxygens (including phenoxy) is 1. The average Bonchev–Trinajstić information content (AvgIpc) is 2.83. The summed E-state index contributed by atoms with van der Waals surface area (Å²) in [6.07, 6.45) is 2.23. The number of nitrogens with zero attached hydrogens (tertiary/aromatic N) is 2. The zero-order valence-electron chi connectivity index (χ0n) is 23.3. The van der Waals surface area contributed by atoms with Crippen LogP contribution in [0.2, 0.25) is 40.3 Å². The summed E-state index contributed by atoms with van der Waals surface area (Å²) >= 11 is 18.9. The minimum atomic E-state index is -1.11. The maximum Gasteiger partial charge on any atom is 0.208 e. The van der Waals surface area contributed by atoms with Gasteiger partial charge in [0, 0.05) is 46.3 Å². The van der Waals surface area contributed by atoms with Crippen LogP contribution in [0.4, 0.5) is 5.69 Å². The molecule has 1 aliphatic rings. The monoisotopic (exact) mass is 611 g/mol. The highest BCUT2D eigenvalue weighted by Crippen LogP contribution is 2.39. The van der Waals surface area contributed by atoms with Gasteiger partial charge >= 0.3 is 0 Å². The van der Waals surface area contributed by atoms with Crippen LogP contribution in [0.5, 0.6) is 0 Å². The highest BCUT2D eigenvalue weighted by atomic mass is 35.5. The first-order chi connectivity index (χ1) is 17.7. The molecule has 0 amide bonds. The molecule has 2 aromatic rings. The van der Waals surface area contributed by atoms with E-state index in [1.807, 2.05) is 30.3 Å². The lowest BCUT2D eigenvalue weighted by Gasteiger charge is -2.37. The van der Waals surface area contributed by atoms with Gasteiger partial charge in [0.1, 0.15) is 11.0 Å². The Labute approximate surface area is 247 Å². The molecule has 2 aromatic carbocycles. The van der Waals surface area contributed by atoms with E-state index in [0.717, 1.165) is 24.2 Å². The molecule has 0 bridgehead atoms. The Hall–Kier alpha value is -0.993. The molecule has 1 heterocycles. The third-order valence-electron chi connectivity index (χ3n) is 7.05. The normalized spacial score (nSPS) is 17.6. The van der Waals surface area contributed by atoms with Gasteiger partial charge in [-0.3, -0.25) is 4.90 Å². The fraction of sp³-hybridized carbons (Fsp3) is 0.483. The van der Waals surface area contributed by atoms with Gasteiger partial charge in [-0.05, 0) is 81.4 Å². The lowest BCUT2D eigenvalue weighted by atomic mass is 10.0. The second-order valence-corrected chi connectivity index (χ2v) is 21.0. The molecule has 38 heavy (non-hydrogen) atoms. The number of nitrogens with one attached hydrogen (secondary N) is 1. The smallest absolute Gasteiger partial charge is 0.208 e. The van der Waals surface area contributed by atoms with Gasteiger partial charge < -0.3 is 15.5 Å². The van der Waals surface area contributed by atoms with Crippen LogP contribution in [0, 0.1) is 5.41 Å². The van der Waals surface area contributed by atoms with E-state index in [2.05, 4.69) is 45.0 Å². The molecule has 1 N–H and O–H groups in total. The fourth-order valence-corrected chi connectivity index (χ4v) is 7.34. The van der Waals surface area contributed by atoms with Crippen LogP contribution in [0.25, 0.3) is 11.0 Å². The van der Waals surface area contributed by atoms with Crippen molar-refractivity contribution in [2.45, 2.75) is 50.7 Å². The third kappa shape index (κ3) is 9.29. The molecular formula is C29H40Cl3N3OSSi. The third-order valence-corrected chi connectivity index (χ3v) is 13.6. The Kier molecular flexibility index (Phi) is 11.3. The van der Waals surface area contributed by atoms with E-state index < -0.39 is 8.07 Å². The first-order valence-corrected chi connectivity index (χ1v) is 19.3. The van der Waals surface area contributed by atoms with Crippen molar-refractivity contribution >= 4 is 70.9 Å². The maximum atomic E-state index is 9.26. The highest BCUT2D eigenvalue weighted by Gasteiger charge is 2.30. The fourth-order valence-electron chi connectivity index (χ4n) is 3.99. The van der Waals surface area contributed by atoms with E-state index in [9.17, 15) is 5.41 Å². The van der Waals surface area contributed by atoms with Gasteiger partial charge in [0.15, 0.2) is 0 Å². The summed E-state index contributed by atoms with van der Waals surface area (Å²) in [5.74, 6) is 0.624. The van der Waals surface area contributed by atoms with Crippen LogP contribution in [0.15, 0.2) is 48.0 Å². The van der Waals surface area contributed by atoms with E-state index in [0.29, 0.717) is 51.3 Å². The second kappa shape index (κ2) is 13.6. The van der Waals surface area contributed by atoms with Crippen molar-refractivity contribution in [2.24, 2.45) is 0 Å². The molecule has 208 valence electrons. The van der Waals surface area contributed by atoms with Crippen molar-refractivity contribution < 1.29 is 4.74 Å². The Balaban J connectivity index is 1.99. The summed E-state index contributed by atoms with van der Waals surface area (Å²) in [5.41, 5.74) is 3.43. The summed E-state index contributed by atoms with van der Waals surface area (Å²) in [6.45, 7) is 14.6. The van der Waals surface area contributed by atoms with Gasteiger partial charge in [-0.2, -0.15) is 0 Å². The number of hydrogen-bond donors (Lipinski definition) is 1. The SMILES string of the molecule is C[S+](COC/C(C(=N)CN1CC[Si](C)(C)CC1)=C(/[N-]c1ccc(Cl)cc1Cl)c1ccc(Cl)cc1)C(C)(C)C. The summed E-state index contributed by atoms with van der Waals surface area (Å²) in [4.78, 5) is 2.40. The lowest BCUT2D eigenvalue weighted by molar-refractivity contribution is 0.209. The standard InChI is InChI=1S/C29H40Cl3N3OSSi/c1-29(2,3)37(4)20-36-19-24(26(33)18-35-13-15-38(5,6)16-14-35)28(21-7-9-22(30)10-8-21)34-27-12-11-23(31)17-25(27)32/h7-12,17,33H,13-16,18-20H2,1-6H3/b28-24-,33-26?. The van der Waals surface area contributed by atoms with Crippen LogP contribution >= 0.6 is 34.8 Å². The number of rotatable bonds is 10. The number of hydrogen-bond acceptors (Lipinski definition) is 3. The molecule has 1 atom stereocenters. The predicted molar refractivity (Wildman–Crippen MR) is 173 cm³/mol. The van der Waals surface area contributed by atoms with Crippen molar-refractivity contribution in [2.75, 3.05) is 38.4 Å². The Morgan fingerprint density at radius 2 is 1.63 bits per heavy atom. The Bertz CT molecular complexity index is 1140.